The third kappa shape index (κ3) is 2.55. The lowest BCUT2D eigenvalue weighted by atomic mass is 10.1. The van der Waals surface area contributed by atoms with Crippen LogP contribution < -0.4 is 5.32 Å². The Bertz CT molecular complexity index is 280. The number of nitrogens with one attached hydrogen (secondary N) is 1. The van der Waals surface area contributed by atoms with Gasteiger partial charge < -0.3 is 14.8 Å². The molecule has 1 aromatic heterocycles. The van der Waals surface area contributed by atoms with E-state index in [4.69, 9.17) is 5.11 Å². The fourth-order valence-corrected chi connectivity index (χ4v) is 0.736. The summed E-state index contributed by atoms with van der Waals surface area (Å²) in [4.78, 5) is 15.0. The zero-order valence-corrected chi connectivity index (χ0v) is 7.57. The highest BCUT2D eigenvalue weighted by Crippen LogP contribution is 2.02. The number of carbonyl (C=O) groups excluding carboxylic acids is 1. The second-order valence-corrected chi connectivity index (χ2v) is 3.37. The SMILES string of the molecule is CC(C)(CO)NC(=O)c1cocn1. The van der Waals surface area contributed by atoms with Crippen molar-refractivity contribution < 1.29 is 14.3 Å². The largest absolute Gasteiger partial charge is 0.451 e. The number of carbonyl (C=O) groups is 1. The molecule has 13 heavy (non-hydrogen) atoms. The number of amides is 1. The van der Waals surface area contributed by atoms with Crippen molar-refractivity contribution in [3.63, 3.8) is 0 Å². The lowest BCUT2D eigenvalue weighted by Crippen LogP contribution is -2.46. The molecular formula is C8H12N2O3. The molecule has 5 heteroatoms. The number of hydrogen-bond donors (Lipinski definition) is 2. The fraction of sp³-hybridized carbons (Fsp3) is 0.500. The van der Waals surface area contributed by atoms with E-state index in [9.17, 15) is 4.79 Å². The van der Waals surface area contributed by atoms with Crippen molar-refractivity contribution in [2.75, 3.05) is 6.61 Å². The Kier molecular flexibility index (Phi) is 2.67. The van der Waals surface area contributed by atoms with Gasteiger partial charge in [-0.05, 0) is 13.8 Å². The number of aliphatic hydroxyl groups is 1. The average Bonchev–Trinajstić information content (AvgIpc) is 2.55. The summed E-state index contributed by atoms with van der Waals surface area (Å²) in [5, 5.41) is 11.5. The van der Waals surface area contributed by atoms with Crippen LogP contribution in [0.15, 0.2) is 17.1 Å². The second-order valence-electron chi connectivity index (χ2n) is 3.37. The maximum Gasteiger partial charge on any atom is 0.273 e. The normalized spacial score (nSPS) is 11.3. The van der Waals surface area contributed by atoms with Gasteiger partial charge in [-0.1, -0.05) is 0 Å². The van der Waals surface area contributed by atoms with Gasteiger partial charge in [0.2, 0.25) is 0 Å². The highest BCUT2D eigenvalue weighted by atomic mass is 16.3. The van der Waals surface area contributed by atoms with E-state index in [-0.39, 0.29) is 18.2 Å². The van der Waals surface area contributed by atoms with Crippen LogP contribution in [0.4, 0.5) is 0 Å². The van der Waals surface area contributed by atoms with Crippen molar-refractivity contribution in [2.24, 2.45) is 0 Å². The van der Waals surface area contributed by atoms with E-state index in [1.165, 1.54) is 12.7 Å². The molecule has 1 rings (SSSR count). The smallest absolute Gasteiger partial charge is 0.273 e. The van der Waals surface area contributed by atoms with Crippen molar-refractivity contribution in [1.82, 2.24) is 10.3 Å². The monoisotopic (exact) mass is 184 g/mol. The van der Waals surface area contributed by atoms with Gasteiger partial charge in [0.15, 0.2) is 12.1 Å². The molecule has 0 unspecified atom stereocenters. The molecule has 0 saturated carbocycles. The quantitative estimate of drug-likeness (QED) is 0.702. The summed E-state index contributed by atoms with van der Waals surface area (Å²) in [5.74, 6) is -0.354. The third-order valence-electron chi connectivity index (χ3n) is 1.51. The van der Waals surface area contributed by atoms with E-state index >= 15 is 0 Å². The van der Waals surface area contributed by atoms with Crippen LogP contribution in [0.5, 0.6) is 0 Å². The zero-order chi connectivity index (χ0) is 9.90. The van der Waals surface area contributed by atoms with Crippen LogP contribution in [-0.4, -0.2) is 28.1 Å². The summed E-state index contributed by atoms with van der Waals surface area (Å²) in [6, 6.07) is 0. The topological polar surface area (TPSA) is 75.4 Å². The standard InChI is InChI=1S/C8H12N2O3/c1-8(2,4-11)10-7(12)6-3-13-5-9-6/h3,5,11H,4H2,1-2H3,(H,10,12). The van der Waals surface area contributed by atoms with Gasteiger partial charge in [0.05, 0.1) is 12.1 Å². The van der Waals surface area contributed by atoms with E-state index in [0.29, 0.717) is 0 Å². The fourth-order valence-electron chi connectivity index (χ4n) is 0.736. The van der Waals surface area contributed by atoms with Crippen LogP contribution in [-0.2, 0) is 0 Å². The highest BCUT2D eigenvalue weighted by Gasteiger charge is 2.20. The van der Waals surface area contributed by atoms with Gasteiger partial charge >= 0.3 is 0 Å². The molecule has 0 saturated heterocycles. The molecular weight excluding hydrogens is 172 g/mol. The molecule has 1 amide bonds. The highest BCUT2D eigenvalue weighted by molar-refractivity contribution is 5.92. The van der Waals surface area contributed by atoms with E-state index < -0.39 is 5.54 Å². The number of oxazole rings is 1. The second kappa shape index (κ2) is 3.57. The molecule has 0 aromatic carbocycles. The van der Waals surface area contributed by atoms with Crippen molar-refractivity contribution in [1.29, 1.82) is 0 Å². The first-order valence-electron chi connectivity index (χ1n) is 3.87. The van der Waals surface area contributed by atoms with Gasteiger partial charge in [-0.15, -0.1) is 0 Å². The Morgan fingerprint density at radius 1 is 1.77 bits per heavy atom. The average molecular weight is 184 g/mol. The van der Waals surface area contributed by atoms with Gasteiger partial charge in [-0.25, -0.2) is 4.98 Å². The van der Waals surface area contributed by atoms with Crippen LogP contribution in [0.1, 0.15) is 24.3 Å². The van der Waals surface area contributed by atoms with E-state index in [2.05, 4.69) is 14.7 Å². The van der Waals surface area contributed by atoms with Gasteiger partial charge in [0.25, 0.3) is 5.91 Å². The van der Waals surface area contributed by atoms with Crippen molar-refractivity contribution in [3.8, 4) is 0 Å². The molecule has 0 fully saturated rings. The minimum Gasteiger partial charge on any atom is -0.451 e. The predicted octanol–water partition coefficient (Wildman–Crippen LogP) is 0.175. The van der Waals surface area contributed by atoms with Crippen molar-refractivity contribution >= 4 is 5.91 Å². The molecule has 0 bridgehead atoms. The summed E-state index contributed by atoms with van der Waals surface area (Å²) in [6.45, 7) is 3.30. The van der Waals surface area contributed by atoms with E-state index in [1.807, 2.05) is 0 Å². The summed E-state index contributed by atoms with van der Waals surface area (Å²) in [6.07, 6.45) is 2.43. The molecule has 0 aliphatic rings. The Balaban J connectivity index is 2.61. The number of nitrogens with zero attached hydrogens (tertiary/aromatic N) is 1. The van der Waals surface area contributed by atoms with Crippen LogP contribution in [0.25, 0.3) is 0 Å². The minimum atomic E-state index is -0.643. The third-order valence-corrected chi connectivity index (χ3v) is 1.51. The summed E-state index contributed by atoms with van der Waals surface area (Å²) < 4.78 is 4.65. The van der Waals surface area contributed by atoms with Gasteiger partial charge in [0, 0.05) is 0 Å². The Morgan fingerprint density at radius 2 is 2.46 bits per heavy atom. The molecule has 0 aliphatic heterocycles. The van der Waals surface area contributed by atoms with Gasteiger partial charge in [0.1, 0.15) is 6.26 Å². The lowest BCUT2D eigenvalue weighted by Gasteiger charge is -2.22. The molecule has 72 valence electrons. The lowest BCUT2D eigenvalue weighted by molar-refractivity contribution is 0.0864. The maximum absolute atomic E-state index is 11.3. The summed E-state index contributed by atoms with van der Waals surface area (Å²) in [7, 11) is 0. The first kappa shape index (κ1) is 9.73. The van der Waals surface area contributed by atoms with Gasteiger partial charge in [-0.2, -0.15) is 0 Å². The minimum absolute atomic E-state index is 0.128. The molecule has 0 spiro atoms. The maximum atomic E-state index is 11.3. The van der Waals surface area contributed by atoms with E-state index in [0.717, 1.165) is 0 Å². The first-order chi connectivity index (χ1) is 6.05. The van der Waals surface area contributed by atoms with Crippen LogP contribution in [0.2, 0.25) is 0 Å². The van der Waals surface area contributed by atoms with E-state index in [1.54, 1.807) is 13.8 Å². The Hall–Kier alpha value is -1.36. The van der Waals surface area contributed by atoms with Gasteiger partial charge in [-0.3, -0.25) is 4.79 Å². The molecule has 5 nitrogen and oxygen atoms in total. The molecule has 0 atom stereocenters. The number of hydrogen-bond acceptors (Lipinski definition) is 4. The number of aliphatic hydroxyl groups excluding tert-OH is 1. The number of rotatable bonds is 3. The number of aromatic nitrogens is 1. The molecule has 0 radical (unpaired) electrons. The van der Waals surface area contributed by atoms with Crippen LogP contribution in [0, 0.1) is 0 Å². The molecule has 0 aliphatic carbocycles. The molecule has 1 aromatic rings. The predicted molar refractivity (Wildman–Crippen MR) is 45.1 cm³/mol. The van der Waals surface area contributed by atoms with Crippen molar-refractivity contribution in [2.45, 2.75) is 19.4 Å². The van der Waals surface area contributed by atoms with Crippen molar-refractivity contribution in [3.05, 3.63) is 18.4 Å². The Morgan fingerprint density at radius 3 is 2.92 bits per heavy atom. The summed E-state index contributed by atoms with van der Waals surface area (Å²) >= 11 is 0. The zero-order valence-electron chi connectivity index (χ0n) is 7.57. The van der Waals surface area contributed by atoms with Crippen LogP contribution >= 0.6 is 0 Å². The summed E-state index contributed by atoms with van der Waals surface area (Å²) in [5.41, 5.74) is -0.433. The van der Waals surface area contributed by atoms with Crippen LogP contribution in [0.3, 0.4) is 0 Å². The Labute approximate surface area is 75.8 Å². The molecule has 2 N–H and O–H groups in total. The first-order valence-corrected chi connectivity index (χ1v) is 3.87. The molecule has 1 heterocycles.